The SMILES string of the molecule is O=C(Nc1nc(CC(=O)N2CCN(CC(=O)N3CCCC3)CC2)cs1)c1ccc2cc[nH]c2c1. The number of hydrogen-bond donors (Lipinski definition) is 2. The van der Waals surface area contributed by atoms with Gasteiger partial charge in [0, 0.05) is 61.9 Å². The fourth-order valence-electron chi connectivity index (χ4n) is 4.48. The molecule has 2 fully saturated rings. The van der Waals surface area contributed by atoms with Crippen LogP contribution in [-0.2, 0) is 16.0 Å². The summed E-state index contributed by atoms with van der Waals surface area (Å²) in [5, 5.41) is 6.16. The van der Waals surface area contributed by atoms with E-state index in [2.05, 4.69) is 20.2 Å². The smallest absolute Gasteiger partial charge is 0.257 e. The molecule has 2 aliphatic rings. The van der Waals surface area contributed by atoms with Gasteiger partial charge in [0.1, 0.15) is 0 Å². The largest absolute Gasteiger partial charge is 0.361 e. The molecule has 2 aliphatic heterocycles. The second-order valence-electron chi connectivity index (χ2n) is 8.80. The van der Waals surface area contributed by atoms with E-state index in [1.165, 1.54) is 11.3 Å². The van der Waals surface area contributed by atoms with Crippen LogP contribution in [-0.4, -0.2) is 88.2 Å². The average molecular weight is 481 g/mol. The Morgan fingerprint density at radius 2 is 1.74 bits per heavy atom. The topological polar surface area (TPSA) is 102 Å². The normalized spacial score (nSPS) is 16.8. The summed E-state index contributed by atoms with van der Waals surface area (Å²) in [6, 6.07) is 7.44. The Labute approximate surface area is 201 Å². The molecule has 0 radical (unpaired) electrons. The van der Waals surface area contributed by atoms with Crippen LogP contribution < -0.4 is 5.32 Å². The summed E-state index contributed by atoms with van der Waals surface area (Å²) in [6.07, 6.45) is 4.23. The van der Waals surface area contributed by atoms with Gasteiger partial charge >= 0.3 is 0 Å². The van der Waals surface area contributed by atoms with Crippen molar-refractivity contribution in [3.63, 3.8) is 0 Å². The number of fused-ring (bicyclic) bond motifs is 1. The molecule has 0 atom stereocenters. The number of hydrogen-bond acceptors (Lipinski definition) is 6. The Balaban J connectivity index is 1.09. The molecule has 9 nitrogen and oxygen atoms in total. The van der Waals surface area contributed by atoms with Crippen molar-refractivity contribution in [2.24, 2.45) is 0 Å². The maximum atomic E-state index is 12.8. The zero-order chi connectivity index (χ0) is 23.5. The van der Waals surface area contributed by atoms with Gasteiger partial charge in [0.15, 0.2) is 5.13 Å². The number of thiazole rings is 1. The summed E-state index contributed by atoms with van der Waals surface area (Å²) >= 11 is 1.31. The molecule has 178 valence electrons. The van der Waals surface area contributed by atoms with Gasteiger partial charge in [0.05, 0.1) is 18.7 Å². The number of carbonyl (C=O) groups excluding carboxylic acids is 3. The van der Waals surface area contributed by atoms with Crippen molar-refractivity contribution >= 4 is 45.1 Å². The molecule has 3 aromatic rings. The van der Waals surface area contributed by atoms with Crippen LogP contribution in [0.5, 0.6) is 0 Å². The third-order valence-corrected chi connectivity index (χ3v) is 7.27. The zero-order valence-electron chi connectivity index (χ0n) is 19.0. The fourth-order valence-corrected chi connectivity index (χ4v) is 5.19. The van der Waals surface area contributed by atoms with Crippen LogP contribution in [0.25, 0.3) is 10.9 Å². The molecule has 4 heterocycles. The van der Waals surface area contributed by atoms with E-state index < -0.39 is 0 Å². The molecule has 0 bridgehead atoms. The summed E-state index contributed by atoms with van der Waals surface area (Å²) in [4.78, 5) is 51.1. The molecule has 3 amide bonds. The number of nitrogens with one attached hydrogen (secondary N) is 2. The number of amides is 3. The van der Waals surface area contributed by atoms with Crippen molar-refractivity contribution in [2.75, 3.05) is 51.1 Å². The number of carbonyl (C=O) groups is 3. The summed E-state index contributed by atoms with van der Waals surface area (Å²) in [5.41, 5.74) is 2.10. The highest BCUT2D eigenvalue weighted by Crippen LogP contribution is 2.20. The number of nitrogens with zero attached hydrogens (tertiary/aromatic N) is 4. The molecular weight excluding hydrogens is 452 g/mol. The molecule has 34 heavy (non-hydrogen) atoms. The lowest BCUT2D eigenvalue weighted by Crippen LogP contribution is -2.51. The lowest BCUT2D eigenvalue weighted by molar-refractivity contribution is -0.134. The second kappa shape index (κ2) is 9.94. The van der Waals surface area contributed by atoms with Crippen molar-refractivity contribution < 1.29 is 14.4 Å². The number of likely N-dealkylation sites (tertiary alicyclic amines) is 1. The van der Waals surface area contributed by atoms with E-state index in [-0.39, 0.29) is 24.1 Å². The maximum Gasteiger partial charge on any atom is 0.257 e. The lowest BCUT2D eigenvalue weighted by atomic mass is 10.1. The second-order valence-corrected chi connectivity index (χ2v) is 9.66. The van der Waals surface area contributed by atoms with Crippen molar-refractivity contribution in [3.8, 4) is 0 Å². The highest BCUT2D eigenvalue weighted by Gasteiger charge is 2.25. The third kappa shape index (κ3) is 5.13. The minimum Gasteiger partial charge on any atom is -0.361 e. The monoisotopic (exact) mass is 480 g/mol. The van der Waals surface area contributed by atoms with Gasteiger partial charge < -0.3 is 14.8 Å². The van der Waals surface area contributed by atoms with Gasteiger partial charge in [-0.3, -0.25) is 24.6 Å². The van der Waals surface area contributed by atoms with E-state index in [1.54, 1.807) is 12.1 Å². The molecule has 1 aromatic carbocycles. The summed E-state index contributed by atoms with van der Waals surface area (Å²) in [6.45, 7) is 4.81. The Hall–Kier alpha value is -3.24. The van der Waals surface area contributed by atoms with Gasteiger partial charge in [-0.2, -0.15) is 0 Å². The number of aromatic amines is 1. The summed E-state index contributed by atoms with van der Waals surface area (Å²) in [7, 11) is 0. The van der Waals surface area contributed by atoms with Gasteiger partial charge in [0.2, 0.25) is 11.8 Å². The number of rotatable bonds is 6. The number of benzene rings is 1. The van der Waals surface area contributed by atoms with E-state index in [0.717, 1.165) is 36.8 Å². The number of H-pyrrole nitrogens is 1. The molecule has 2 N–H and O–H groups in total. The first-order valence-electron chi connectivity index (χ1n) is 11.7. The molecule has 0 unspecified atom stereocenters. The standard InChI is InChI=1S/C24H28N6O3S/c31-21(30-11-9-28(10-12-30)15-22(32)29-7-1-2-8-29)14-19-16-34-24(26-19)27-23(33)18-4-3-17-5-6-25-20(17)13-18/h3-6,13,16,25H,1-2,7-12,14-15H2,(H,26,27,33). The highest BCUT2D eigenvalue weighted by molar-refractivity contribution is 7.14. The summed E-state index contributed by atoms with van der Waals surface area (Å²) in [5.74, 6) is -0.0173. The minimum absolute atomic E-state index is 0.0193. The van der Waals surface area contributed by atoms with Crippen molar-refractivity contribution in [1.82, 2.24) is 24.7 Å². The van der Waals surface area contributed by atoms with Gasteiger partial charge in [-0.25, -0.2) is 4.98 Å². The first-order chi connectivity index (χ1) is 16.5. The quantitative estimate of drug-likeness (QED) is 0.563. The molecule has 0 aliphatic carbocycles. The van der Waals surface area contributed by atoms with Crippen molar-refractivity contribution in [1.29, 1.82) is 0 Å². The molecule has 2 saturated heterocycles. The Morgan fingerprint density at radius 1 is 0.971 bits per heavy atom. The van der Waals surface area contributed by atoms with Crippen LogP contribution in [0.3, 0.4) is 0 Å². The van der Waals surface area contributed by atoms with E-state index >= 15 is 0 Å². The average Bonchev–Trinajstić information content (AvgIpc) is 3.61. The number of aromatic nitrogens is 2. The molecule has 2 aromatic heterocycles. The Bertz CT molecular complexity index is 1190. The lowest BCUT2D eigenvalue weighted by Gasteiger charge is -2.35. The Morgan fingerprint density at radius 3 is 2.53 bits per heavy atom. The maximum absolute atomic E-state index is 12.8. The fraction of sp³-hybridized carbons (Fsp3) is 0.417. The van der Waals surface area contributed by atoms with Crippen LogP contribution in [0.1, 0.15) is 28.9 Å². The van der Waals surface area contributed by atoms with Crippen molar-refractivity contribution in [3.05, 3.63) is 47.1 Å². The predicted octanol–water partition coefficient (Wildman–Crippen LogP) is 2.19. The van der Waals surface area contributed by atoms with E-state index in [1.807, 2.05) is 33.5 Å². The molecule has 0 saturated carbocycles. The third-order valence-electron chi connectivity index (χ3n) is 6.46. The first kappa shape index (κ1) is 22.5. The zero-order valence-corrected chi connectivity index (χ0v) is 19.8. The summed E-state index contributed by atoms with van der Waals surface area (Å²) < 4.78 is 0. The van der Waals surface area contributed by atoms with Crippen LogP contribution >= 0.6 is 11.3 Å². The van der Waals surface area contributed by atoms with Crippen molar-refractivity contribution in [2.45, 2.75) is 19.3 Å². The van der Waals surface area contributed by atoms with Gasteiger partial charge in [-0.15, -0.1) is 11.3 Å². The minimum atomic E-state index is -0.233. The first-order valence-corrected chi connectivity index (χ1v) is 12.5. The van der Waals surface area contributed by atoms with E-state index in [0.29, 0.717) is 49.1 Å². The number of piperazine rings is 1. The molecular formula is C24H28N6O3S. The van der Waals surface area contributed by atoms with Gasteiger partial charge in [-0.1, -0.05) is 6.07 Å². The molecule has 10 heteroatoms. The van der Waals surface area contributed by atoms with E-state index in [9.17, 15) is 14.4 Å². The van der Waals surface area contributed by atoms with Gasteiger partial charge in [0.25, 0.3) is 5.91 Å². The van der Waals surface area contributed by atoms with Crippen LogP contribution in [0.15, 0.2) is 35.8 Å². The Kier molecular flexibility index (Phi) is 6.59. The number of anilines is 1. The predicted molar refractivity (Wildman–Crippen MR) is 131 cm³/mol. The molecule has 0 spiro atoms. The van der Waals surface area contributed by atoms with E-state index in [4.69, 9.17) is 0 Å². The molecule has 5 rings (SSSR count). The van der Waals surface area contributed by atoms with Gasteiger partial charge in [-0.05, 0) is 36.4 Å². The van der Waals surface area contributed by atoms with Crippen LogP contribution in [0.4, 0.5) is 5.13 Å². The van der Waals surface area contributed by atoms with Crippen LogP contribution in [0, 0.1) is 0 Å². The highest BCUT2D eigenvalue weighted by atomic mass is 32.1. The van der Waals surface area contributed by atoms with Crippen LogP contribution in [0.2, 0.25) is 0 Å².